The number of nitrogens with one attached hydrogen (secondary N) is 3. The Balaban J connectivity index is 2.12. The van der Waals surface area contributed by atoms with Crippen LogP contribution in [0.4, 0.5) is 16.2 Å². The minimum Gasteiger partial charge on any atom is -0.494 e. The molecule has 1 aliphatic heterocycles. The molecule has 0 aromatic heterocycles. The van der Waals surface area contributed by atoms with Gasteiger partial charge in [-0.05, 0) is 44.9 Å². The average molecular weight is 306 g/mol. The van der Waals surface area contributed by atoms with Crippen LogP contribution in [0.3, 0.4) is 0 Å². The summed E-state index contributed by atoms with van der Waals surface area (Å²) in [6.45, 7) is 2.75. The van der Waals surface area contributed by atoms with Gasteiger partial charge in [0.1, 0.15) is 5.75 Å². The number of rotatable bonds is 4. The Morgan fingerprint density at radius 2 is 2.09 bits per heavy atom. The molecule has 0 aliphatic carbocycles. The van der Waals surface area contributed by atoms with Crippen molar-refractivity contribution in [3.63, 3.8) is 0 Å². The first-order valence-corrected chi connectivity index (χ1v) is 7.25. The molecule has 5 N–H and O–H groups in total. The van der Waals surface area contributed by atoms with Crippen molar-refractivity contribution in [2.45, 2.75) is 31.7 Å². The standard InChI is InChI=1S/C15H22N4O3/c1-15(7-3-4-8-17-15)13(20)18-10-5-6-11(19-14(16)21)12(9-10)22-2/h5-6,9,17H,3-4,7-8H2,1-2H3,(H,18,20)(H3,16,19,21). The van der Waals surface area contributed by atoms with Gasteiger partial charge in [-0.3, -0.25) is 4.79 Å². The summed E-state index contributed by atoms with van der Waals surface area (Å²) < 4.78 is 5.20. The van der Waals surface area contributed by atoms with E-state index in [0.717, 1.165) is 25.8 Å². The number of carbonyl (C=O) groups is 2. The maximum atomic E-state index is 12.4. The maximum Gasteiger partial charge on any atom is 0.316 e. The monoisotopic (exact) mass is 306 g/mol. The normalized spacial score (nSPS) is 21.0. The SMILES string of the molecule is COc1cc(NC(=O)C2(C)CCCCN2)ccc1NC(N)=O. The number of carbonyl (C=O) groups excluding carboxylic acids is 2. The summed E-state index contributed by atoms with van der Waals surface area (Å²) in [5.41, 5.74) is 5.59. The van der Waals surface area contributed by atoms with Gasteiger partial charge in [0.15, 0.2) is 0 Å². The van der Waals surface area contributed by atoms with Crippen LogP contribution in [0.25, 0.3) is 0 Å². The first kappa shape index (κ1) is 16.1. The number of hydrogen-bond acceptors (Lipinski definition) is 4. The Bertz CT molecular complexity index is 568. The lowest BCUT2D eigenvalue weighted by molar-refractivity contribution is -0.122. The van der Waals surface area contributed by atoms with Crippen LogP contribution >= 0.6 is 0 Å². The lowest BCUT2D eigenvalue weighted by Crippen LogP contribution is -2.54. The van der Waals surface area contributed by atoms with Gasteiger partial charge in [0.2, 0.25) is 5.91 Å². The molecule has 0 spiro atoms. The molecule has 1 aromatic carbocycles. The molecule has 0 bridgehead atoms. The van der Waals surface area contributed by atoms with Crippen LogP contribution in [-0.4, -0.2) is 31.1 Å². The number of amides is 3. The molecule has 0 radical (unpaired) electrons. The number of ether oxygens (including phenoxy) is 1. The zero-order chi connectivity index (χ0) is 16.2. The second kappa shape index (κ2) is 6.65. The summed E-state index contributed by atoms with van der Waals surface area (Å²) in [5.74, 6) is 0.350. The smallest absolute Gasteiger partial charge is 0.316 e. The minimum atomic E-state index is -0.672. The Hall–Kier alpha value is -2.28. The van der Waals surface area contributed by atoms with E-state index in [9.17, 15) is 9.59 Å². The van der Waals surface area contributed by atoms with Gasteiger partial charge >= 0.3 is 6.03 Å². The number of primary amides is 1. The number of urea groups is 1. The molecule has 2 rings (SSSR count). The average Bonchev–Trinajstić information content (AvgIpc) is 2.49. The summed E-state index contributed by atoms with van der Waals surface area (Å²) in [6.07, 6.45) is 2.92. The molecule has 3 amide bonds. The number of hydrogen-bond donors (Lipinski definition) is 4. The van der Waals surface area contributed by atoms with E-state index in [1.807, 2.05) is 6.92 Å². The molecule has 1 atom stereocenters. The van der Waals surface area contributed by atoms with E-state index in [1.54, 1.807) is 18.2 Å². The molecule has 120 valence electrons. The molecule has 1 unspecified atom stereocenters. The summed E-state index contributed by atoms with van der Waals surface area (Å²) >= 11 is 0. The van der Waals surface area contributed by atoms with Crippen LogP contribution in [0.2, 0.25) is 0 Å². The second-order valence-electron chi connectivity index (χ2n) is 5.57. The largest absolute Gasteiger partial charge is 0.494 e. The predicted octanol–water partition coefficient (Wildman–Crippen LogP) is 1.66. The van der Waals surface area contributed by atoms with E-state index >= 15 is 0 Å². The summed E-state index contributed by atoms with van der Waals surface area (Å²) in [4.78, 5) is 23.4. The molecule has 7 nitrogen and oxygen atoms in total. The van der Waals surface area contributed by atoms with E-state index in [-0.39, 0.29) is 5.91 Å². The summed E-state index contributed by atoms with van der Waals surface area (Å²) in [6, 6.07) is 4.30. The Labute approximate surface area is 129 Å². The Morgan fingerprint density at radius 1 is 1.32 bits per heavy atom. The molecular weight excluding hydrogens is 284 g/mol. The third-order valence-corrected chi connectivity index (χ3v) is 3.84. The van der Waals surface area contributed by atoms with E-state index in [2.05, 4.69) is 16.0 Å². The van der Waals surface area contributed by atoms with Gasteiger partial charge in [-0.1, -0.05) is 0 Å². The van der Waals surface area contributed by atoms with Gasteiger partial charge in [0.25, 0.3) is 0 Å². The highest BCUT2D eigenvalue weighted by molar-refractivity contribution is 5.98. The highest BCUT2D eigenvalue weighted by Crippen LogP contribution is 2.29. The highest BCUT2D eigenvalue weighted by Gasteiger charge is 2.34. The lowest BCUT2D eigenvalue weighted by Gasteiger charge is -2.33. The number of anilines is 2. The van der Waals surface area contributed by atoms with E-state index in [4.69, 9.17) is 10.5 Å². The molecule has 1 aromatic rings. The van der Waals surface area contributed by atoms with E-state index in [1.165, 1.54) is 7.11 Å². The predicted molar refractivity (Wildman–Crippen MR) is 85.1 cm³/mol. The third kappa shape index (κ3) is 3.67. The minimum absolute atomic E-state index is 0.0788. The molecule has 0 saturated carbocycles. The fourth-order valence-corrected chi connectivity index (χ4v) is 2.52. The molecule has 1 fully saturated rings. The molecule has 1 aliphatic rings. The Kier molecular flexibility index (Phi) is 4.87. The fourth-order valence-electron chi connectivity index (χ4n) is 2.52. The summed E-state index contributed by atoms with van der Waals surface area (Å²) in [7, 11) is 1.48. The van der Waals surface area contributed by atoms with E-state index in [0.29, 0.717) is 17.1 Å². The first-order valence-electron chi connectivity index (χ1n) is 7.25. The molecule has 22 heavy (non-hydrogen) atoms. The van der Waals surface area contributed by atoms with Gasteiger partial charge in [0.05, 0.1) is 18.3 Å². The van der Waals surface area contributed by atoms with Crippen LogP contribution in [0.15, 0.2) is 18.2 Å². The van der Waals surface area contributed by atoms with Crippen molar-refractivity contribution in [1.29, 1.82) is 0 Å². The van der Waals surface area contributed by atoms with Gasteiger partial charge in [-0.25, -0.2) is 4.79 Å². The zero-order valence-electron chi connectivity index (χ0n) is 12.9. The number of nitrogens with two attached hydrogens (primary N) is 1. The van der Waals surface area contributed by atoms with Crippen LogP contribution in [0, 0.1) is 0 Å². The van der Waals surface area contributed by atoms with Crippen molar-refractivity contribution in [3.05, 3.63) is 18.2 Å². The number of benzene rings is 1. The van der Waals surface area contributed by atoms with Crippen molar-refractivity contribution in [3.8, 4) is 5.75 Å². The molecule has 1 heterocycles. The van der Waals surface area contributed by atoms with Gasteiger partial charge in [-0.2, -0.15) is 0 Å². The topological polar surface area (TPSA) is 105 Å². The maximum absolute atomic E-state index is 12.4. The van der Waals surface area contributed by atoms with Crippen molar-refractivity contribution in [2.75, 3.05) is 24.3 Å². The Morgan fingerprint density at radius 3 is 2.68 bits per heavy atom. The van der Waals surface area contributed by atoms with Crippen LogP contribution in [0.5, 0.6) is 5.75 Å². The van der Waals surface area contributed by atoms with Gasteiger partial charge in [0, 0.05) is 11.8 Å². The number of piperidine rings is 1. The van der Waals surface area contributed by atoms with Crippen molar-refractivity contribution in [1.82, 2.24) is 5.32 Å². The lowest BCUT2D eigenvalue weighted by atomic mass is 9.90. The molecule has 1 saturated heterocycles. The van der Waals surface area contributed by atoms with Crippen LogP contribution in [0.1, 0.15) is 26.2 Å². The first-order chi connectivity index (χ1) is 10.4. The third-order valence-electron chi connectivity index (χ3n) is 3.84. The van der Waals surface area contributed by atoms with Crippen molar-refractivity contribution >= 4 is 23.3 Å². The second-order valence-corrected chi connectivity index (χ2v) is 5.57. The van der Waals surface area contributed by atoms with E-state index < -0.39 is 11.6 Å². The van der Waals surface area contributed by atoms with Crippen LogP contribution in [-0.2, 0) is 4.79 Å². The fraction of sp³-hybridized carbons (Fsp3) is 0.467. The van der Waals surface area contributed by atoms with Gasteiger partial charge < -0.3 is 26.4 Å². The zero-order valence-corrected chi connectivity index (χ0v) is 12.9. The van der Waals surface area contributed by atoms with Gasteiger partial charge in [-0.15, -0.1) is 0 Å². The highest BCUT2D eigenvalue weighted by atomic mass is 16.5. The molecule has 7 heteroatoms. The van der Waals surface area contributed by atoms with Crippen molar-refractivity contribution in [2.24, 2.45) is 5.73 Å². The quantitative estimate of drug-likeness (QED) is 0.678. The summed E-state index contributed by atoms with van der Waals surface area (Å²) in [5, 5.41) is 8.61. The van der Waals surface area contributed by atoms with Crippen LogP contribution < -0.4 is 26.4 Å². The van der Waals surface area contributed by atoms with Crippen molar-refractivity contribution < 1.29 is 14.3 Å². The molecular formula is C15H22N4O3. The number of methoxy groups -OCH3 is 1.